The topological polar surface area (TPSA) is 76.8 Å². The Kier molecular flexibility index (Phi) is 7.59. The third kappa shape index (κ3) is 6.26. The van der Waals surface area contributed by atoms with Gasteiger partial charge in [0.1, 0.15) is 17.3 Å². The molecule has 0 amide bonds. The van der Waals surface area contributed by atoms with E-state index < -0.39 is 12.1 Å². The van der Waals surface area contributed by atoms with Crippen LogP contribution in [-0.2, 0) is 24.4 Å². The van der Waals surface area contributed by atoms with E-state index in [1.807, 2.05) is 30.5 Å². The Bertz CT molecular complexity index is 1060. The van der Waals surface area contributed by atoms with E-state index in [1.54, 1.807) is 14.2 Å². The molecule has 176 valence electrons. The average molecular weight is 463 g/mol. The summed E-state index contributed by atoms with van der Waals surface area (Å²) in [7, 11) is 3.38. The van der Waals surface area contributed by atoms with Gasteiger partial charge in [0, 0.05) is 25.2 Å². The number of carbonyl (C=O) groups is 1. The third-order valence-electron chi connectivity index (χ3n) is 5.14. The van der Waals surface area contributed by atoms with Crippen LogP contribution in [0.2, 0.25) is 0 Å². The lowest BCUT2D eigenvalue weighted by Crippen LogP contribution is -2.33. The number of hydrogen-bond donors (Lipinski definition) is 1. The van der Waals surface area contributed by atoms with Gasteiger partial charge in [-0.05, 0) is 42.0 Å². The van der Waals surface area contributed by atoms with Crippen LogP contribution in [0.25, 0.3) is 11.3 Å². The van der Waals surface area contributed by atoms with Gasteiger partial charge in [-0.1, -0.05) is 12.1 Å². The quantitative estimate of drug-likeness (QED) is 0.611. The zero-order chi connectivity index (χ0) is 24.0. The minimum atomic E-state index is -5.08. The predicted molar refractivity (Wildman–Crippen MR) is 115 cm³/mol. The lowest BCUT2D eigenvalue weighted by Gasteiger charge is -2.28. The average Bonchev–Trinajstić information content (AvgIpc) is 3.23. The van der Waals surface area contributed by atoms with Crippen LogP contribution in [0.3, 0.4) is 0 Å². The van der Waals surface area contributed by atoms with Crippen molar-refractivity contribution in [1.82, 2.24) is 14.5 Å². The molecule has 3 aromatic rings. The van der Waals surface area contributed by atoms with Gasteiger partial charge in [-0.2, -0.15) is 13.2 Å². The Morgan fingerprint density at radius 1 is 1.00 bits per heavy atom. The molecule has 0 aliphatic carbocycles. The highest BCUT2D eigenvalue weighted by Crippen LogP contribution is 2.26. The normalized spacial score (nSPS) is 13.5. The van der Waals surface area contributed by atoms with E-state index in [1.165, 1.54) is 16.8 Å². The monoisotopic (exact) mass is 463 g/mol. The van der Waals surface area contributed by atoms with Crippen LogP contribution in [0.4, 0.5) is 13.2 Å². The molecule has 10 heteroatoms. The molecule has 7 nitrogen and oxygen atoms in total. The summed E-state index contributed by atoms with van der Waals surface area (Å²) in [6.07, 6.45) is -3.10. The lowest BCUT2D eigenvalue weighted by atomic mass is 10.1. The van der Waals surface area contributed by atoms with E-state index >= 15 is 0 Å². The van der Waals surface area contributed by atoms with Crippen LogP contribution in [0, 0.1) is 0 Å². The number of rotatable bonds is 5. The number of halogens is 3. The Hall–Kier alpha value is -3.53. The summed E-state index contributed by atoms with van der Waals surface area (Å²) in [5.41, 5.74) is 3.64. The van der Waals surface area contributed by atoms with Crippen LogP contribution < -0.4 is 9.47 Å². The van der Waals surface area contributed by atoms with Crippen LogP contribution >= 0.6 is 0 Å². The zero-order valence-electron chi connectivity index (χ0n) is 18.2. The van der Waals surface area contributed by atoms with Crippen LogP contribution in [0.1, 0.15) is 11.4 Å². The maximum absolute atomic E-state index is 10.6. The molecule has 0 saturated heterocycles. The Labute approximate surface area is 189 Å². The number of benzene rings is 2. The molecule has 0 unspecified atom stereocenters. The maximum Gasteiger partial charge on any atom is 0.490 e. The molecule has 2 aromatic carbocycles. The van der Waals surface area contributed by atoms with Crippen molar-refractivity contribution >= 4 is 5.97 Å². The summed E-state index contributed by atoms with van der Waals surface area (Å²) < 4.78 is 44.5. The molecule has 0 atom stereocenters. The number of carboxylic acids is 1. The fourth-order valence-corrected chi connectivity index (χ4v) is 3.43. The zero-order valence-corrected chi connectivity index (χ0v) is 18.2. The molecule has 1 aromatic heterocycles. The second-order valence-corrected chi connectivity index (χ2v) is 7.30. The summed E-state index contributed by atoms with van der Waals surface area (Å²) >= 11 is 0. The van der Waals surface area contributed by atoms with Crippen molar-refractivity contribution in [2.24, 2.45) is 0 Å². The molecule has 4 rings (SSSR count). The standard InChI is InChI=1S/C21H23N3O2.C2HF3O2/c1-25-18-7-3-16(4-8-18)14-23-11-12-24-20(13-22-21(24)15-23)17-5-9-19(26-2)10-6-17;3-2(4,5)1(6)7/h3-10,13H,11-12,14-15H2,1-2H3;(H,6,7). The summed E-state index contributed by atoms with van der Waals surface area (Å²) in [6, 6.07) is 16.5. The van der Waals surface area contributed by atoms with Crippen LogP contribution in [0.5, 0.6) is 11.5 Å². The molecule has 2 heterocycles. The van der Waals surface area contributed by atoms with Gasteiger partial charge >= 0.3 is 12.1 Å². The van der Waals surface area contributed by atoms with E-state index in [0.717, 1.165) is 43.5 Å². The summed E-state index contributed by atoms with van der Waals surface area (Å²) in [5, 5.41) is 7.12. The minimum absolute atomic E-state index is 0.863. The SMILES string of the molecule is COc1ccc(CN2CCn3c(-c4ccc(OC)cc4)cnc3C2)cc1.O=C(O)C(F)(F)F. The molecule has 1 aliphatic heterocycles. The molecule has 0 radical (unpaired) electrons. The molecule has 1 N–H and O–H groups in total. The number of nitrogens with zero attached hydrogens (tertiary/aromatic N) is 3. The molecule has 0 fully saturated rings. The van der Waals surface area contributed by atoms with Gasteiger partial charge in [0.25, 0.3) is 0 Å². The number of carboxylic acid groups (broad SMARTS) is 1. The summed E-state index contributed by atoms with van der Waals surface area (Å²) in [6.45, 7) is 3.75. The minimum Gasteiger partial charge on any atom is -0.497 e. The number of aliphatic carboxylic acids is 1. The van der Waals surface area contributed by atoms with Crippen molar-refractivity contribution < 1.29 is 32.5 Å². The fraction of sp³-hybridized carbons (Fsp3) is 0.304. The number of methoxy groups -OCH3 is 2. The van der Waals surface area contributed by atoms with Crippen molar-refractivity contribution in [1.29, 1.82) is 0 Å². The second-order valence-electron chi connectivity index (χ2n) is 7.30. The molecule has 33 heavy (non-hydrogen) atoms. The van der Waals surface area contributed by atoms with Gasteiger partial charge in [-0.25, -0.2) is 9.78 Å². The Balaban J connectivity index is 0.000000383. The highest BCUT2D eigenvalue weighted by Gasteiger charge is 2.38. The number of imidazole rings is 1. The van der Waals surface area contributed by atoms with Gasteiger partial charge in [0.15, 0.2) is 0 Å². The second kappa shape index (κ2) is 10.4. The van der Waals surface area contributed by atoms with Crippen molar-refractivity contribution in [2.45, 2.75) is 25.8 Å². The van der Waals surface area contributed by atoms with E-state index in [4.69, 9.17) is 19.4 Å². The van der Waals surface area contributed by atoms with E-state index in [2.05, 4.69) is 38.7 Å². The lowest BCUT2D eigenvalue weighted by molar-refractivity contribution is -0.192. The van der Waals surface area contributed by atoms with E-state index in [-0.39, 0.29) is 0 Å². The summed E-state index contributed by atoms with van der Waals surface area (Å²) in [4.78, 5) is 16.0. The molecular weight excluding hydrogens is 439 g/mol. The largest absolute Gasteiger partial charge is 0.497 e. The smallest absolute Gasteiger partial charge is 0.490 e. The van der Waals surface area contributed by atoms with Gasteiger partial charge in [-0.15, -0.1) is 0 Å². The van der Waals surface area contributed by atoms with E-state index in [0.29, 0.717) is 0 Å². The highest BCUT2D eigenvalue weighted by molar-refractivity contribution is 5.73. The fourth-order valence-electron chi connectivity index (χ4n) is 3.43. The van der Waals surface area contributed by atoms with Crippen molar-refractivity contribution in [3.63, 3.8) is 0 Å². The first kappa shape index (κ1) is 24.1. The van der Waals surface area contributed by atoms with Crippen molar-refractivity contribution in [3.8, 4) is 22.8 Å². The van der Waals surface area contributed by atoms with Crippen LogP contribution in [0.15, 0.2) is 54.7 Å². The molecule has 0 bridgehead atoms. The van der Waals surface area contributed by atoms with Gasteiger partial charge in [0.2, 0.25) is 0 Å². The van der Waals surface area contributed by atoms with Crippen LogP contribution in [-0.4, -0.2) is 52.5 Å². The third-order valence-corrected chi connectivity index (χ3v) is 5.14. The first-order valence-electron chi connectivity index (χ1n) is 10.1. The maximum atomic E-state index is 10.6. The molecule has 1 aliphatic rings. The Morgan fingerprint density at radius 2 is 1.55 bits per heavy atom. The van der Waals surface area contributed by atoms with Gasteiger partial charge < -0.3 is 19.1 Å². The van der Waals surface area contributed by atoms with Gasteiger partial charge in [-0.3, -0.25) is 4.90 Å². The predicted octanol–water partition coefficient (Wildman–Crippen LogP) is 4.22. The number of hydrogen-bond acceptors (Lipinski definition) is 5. The summed E-state index contributed by atoms with van der Waals surface area (Å²) in [5.74, 6) is 0.132. The first-order valence-corrected chi connectivity index (χ1v) is 10.1. The number of alkyl halides is 3. The highest BCUT2D eigenvalue weighted by atomic mass is 19.4. The first-order chi connectivity index (χ1) is 15.7. The molecule has 0 saturated carbocycles. The van der Waals surface area contributed by atoms with Crippen molar-refractivity contribution in [3.05, 3.63) is 66.1 Å². The van der Waals surface area contributed by atoms with E-state index in [9.17, 15) is 13.2 Å². The van der Waals surface area contributed by atoms with Gasteiger partial charge in [0.05, 0.1) is 32.7 Å². The van der Waals surface area contributed by atoms with Crippen molar-refractivity contribution in [2.75, 3.05) is 20.8 Å². The molecular formula is C23H24F3N3O4. The number of fused-ring (bicyclic) bond motifs is 1. The number of ether oxygens (including phenoxy) is 2. The molecule has 0 spiro atoms. The Morgan fingerprint density at radius 3 is 2.06 bits per heavy atom. The number of aromatic nitrogens is 2.